The van der Waals surface area contributed by atoms with Crippen LogP contribution >= 0.6 is 11.6 Å². The third-order valence-electron chi connectivity index (χ3n) is 5.30. The highest BCUT2D eigenvalue weighted by molar-refractivity contribution is 6.33. The van der Waals surface area contributed by atoms with Crippen LogP contribution in [-0.4, -0.2) is 11.7 Å². The second-order valence-electron chi connectivity index (χ2n) is 7.69. The lowest BCUT2D eigenvalue weighted by Crippen LogP contribution is -2.03. The lowest BCUT2D eigenvalue weighted by atomic mass is 9.97. The Hall–Kier alpha value is -2.75. The van der Waals surface area contributed by atoms with E-state index in [2.05, 4.69) is 74.3 Å². The second kappa shape index (κ2) is 10.5. The van der Waals surface area contributed by atoms with Crippen molar-refractivity contribution in [2.75, 3.05) is 11.9 Å². The molecule has 3 aromatic carbocycles. The monoisotopic (exact) mass is 435 g/mol. The first-order valence-electron chi connectivity index (χ1n) is 10.7. The Morgan fingerprint density at radius 3 is 2.13 bits per heavy atom. The normalized spacial score (nSPS) is 11.9. The van der Waals surface area contributed by atoms with Crippen molar-refractivity contribution in [3.8, 4) is 22.3 Å². The minimum Gasteiger partial charge on any atom is -0.495 e. The van der Waals surface area contributed by atoms with Gasteiger partial charge in [0, 0.05) is 17.9 Å². The molecule has 0 radical (unpaired) electrons. The first-order valence-corrected chi connectivity index (χ1v) is 11.1. The van der Waals surface area contributed by atoms with Crippen LogP contribution in [0.2, 0.25) is 5.02 Å². The maximum Gasteiger partial charge on any atom is 0.181 e. The maximum atomic E-state index is 9.39. The van der Waals surface area contributed by atoms with Crippen LogP contribution in [-0.2, 0) is 4.74 Å². The van der Waals surface area contributed by atoms with Crippen molar-refractivity contribution in [2.45, 2.75) is 39.7 Å². The number of aliphatic hydroxyl groups is 1. The number of halogens is 1. The van der Waals surface area contributed by atoms with E-state index in [0.717, 1.165) is 47.4 Å². The van der Waals surface area contributed by atoms with Crippen molar-refractivity contribution in [3.63, 3.8) is 0 Å². The lowest BCUT2D eigenvalue weighted by Gasteiger charge is -2.16. The van der Waals surface area contributed by atoms with Crippen molar-refractivity contribution in [1.29, 1.82) is 0 Å². The summed E-state index contributed by atoms with van der Waals surface area (Å²) < 4.78 is 5.95. The molecule has 0 fully saturated rings. The van der Waals surface area contributed by atoms with E-state index in [-0.39, 0.29) is 12.0 Å². The SMILES string of the molecule is C=C(O)Nc1cc(Cl)c(-c2ccc(-c3ccc(C(CC)OCCC)cc3)cc2)cc1C. The van der Waals surface area contributed by atoms with Gasteiger partial charge in [-0.2, -0.15) is 0 Å². The van der Waals surface area contributed by atoms with Crippen molar-refractivity contribution in [1.82, 2.24) is 0 Å². The molecule has 3 nitrogen and oxygen atoms in total. The summed E-state index contributed by atoms with van der Waals surface area (Å²) in [5.74, 6) is -0.107. The van der Waals surface area contributed by atoms with Gasteiger partial charge in [0.15, 0.2) is 5.88 Å². The molecule has 3 rings (SSSR count). The average Bonchev–Trinajstić information content (AvgIpc) is 2.77. The zero-order valence-electron chi connectivity index (χ0n) is 18.4. The topological polar surface area (TPSA) is 41.5 Å². The molecule has 0 saturated carbocycles. The number of aliphatic hydroxyl groups excluding tert-OH is 1. The largest absolute Gasteiger partial charge is 0.495 e. The van der Waals surface area contributed by atoms with Crippen LogP contribution < -0.4 is 5.32 Å². The number of hydrogen-bond acceptors (Lipinski definition) is 3. The predicted molar refractivity (Wildman–Crippen MR) is 132 cm³/mol. The molecule has 0 spiro atoms. The Labute approximate surface area is 190 Å². The van der Waals surface area contributed by atoms with Crippen LogP contribution in [0.1, 0.15) is 43.9 Å². The molecule has 0 bridgehead atoms. The molecule has 162 valence electrons. The Balaban J connectivity index is 1.80. The van der Waals surface area contributed by atoms with E-state index in [1.165, 1.54) is 11.1 Å². The van der Waals surface area contributed by atoms with Gasteiger partial charge in [0.2, 0.25) is 0 Å². The van der Waals surface area contributed by atoms with Crippen LogP contribution in [0.5, 0.6) is 0 Å². The fourth-order valence-electron chi connectivity index (χ4n) is 3.64. The second-order valence-corrected chi connectivity index (χ2v) is 8.09. The van der Waals surface area contributed by atoms with Gasteiger partial charge in [-0.1, -0.05) is 74.0 Å². The highest BCUT2D eigenvalue weighted by Gasteiger charge is 2.11. The minimum atomic E-state index is -0.107. The van der Waals surface area contributed by atoms with Crippen molar-refractivity contribution < 1.29 is 9.84 Å². The fourth-order valence-corrected chi connectivity index (χ4v) is 3.91. The molecular formula is C27H30ClNO2. The summed E-state index contributed by atoms with van der Waals surface area (Å²) in [5, 5.41) is 12.8. The van der Waals surface area contributed by atoms with Crippen LogP contribution in [0.25, 0.3) is 22.3 Å². The zero-order valence-corrected chi connectivity index (χ0v) is 19.2. The van der Waals surface area contributed by atoms with Gasteiger partial charge in [0.05, 0.1) is 11.1 Å². The highest BCUT2D eigenvalue weighted by atomic mass is 35.5. The van der Waals surface area contributed by atoms with E-state index >= 15 is 0 Å². The molecule has 31 heavy (non-hydrogen) atoms. The Morgan fingerprint density at radius 2 is 1.58 bits per heavy atom. The van der Waals surface area contributed by atoms with E-state index < -0.39 is 0 Å². The number of nitrogens with one attached hydrogen (secondary N) is 1. The number of anilines is 1. The summed E-state index contributed by atoms with van der Waals surface area (Å²) in [5.41, 5.74) is 7.26. The molecule has 1 atom stereocenters. The van der Waals surface area contributed by atoms with Crippen LogP contribution in [0.3, 0.4) is 0 Å². The summed E-state index contributed by atoms with van der Waals surface area (Å²) in [7, 11) is 0. The van der Waals surface area contributed by atoms with Gasteiger partial charge in [-0.05, 0) is 66.3 Å². The van der Waals surface area contributed by atoms with Crippen molar-refractivity contribution >= 4 is 17.3 Å². The molecular weight excluding hydrogens is 406 g/mol. The Kier molecular flexibility index (Phi) is 7.78. The number of benzene rings is 3. The van der Waals surface area contributed by atoms with Gasteiger partial charge in [-0.15, -0.1) is 0 Å². The number of hydrogen-bond donors (Lipinski definition) is 2. The van der Waals surface area contributed by atoms with Gasteiger partial charge >= 0.3 is 0 Å². The highest BCUT2D eigenvalue weighted by Crippen LogP contribution is 2.34. The van der Waals surface area contributed by atoms with E-state index in [0.29, 0.717) is 5.02 Å². The Morgan fingerprint density at radius 1 is 1.00 bits per heavy atom. The molecule has 0 aliphatic heterocycles. The molecule has 1 unspecified atom stereocenters. The van der Waals surface area contributed by atoms with Gasteiger partial charge in [-0.3, -0.25) is 0 Å². The summed E-state index contributed by atoms with van der Waals surface area (Å²) >= 11 is 6.51. The van der Waals surface area contributed by atoms with E-state index in [1.807, 2.05) is 19.1 Å². The molecule has 0 aliphatic carbocycles. The standard InChI is InChI=1S/C27H30ClNO2/c1-5-15-31-27(6-2)23-13-9-21(10-14-23)20-7-11-22(12-8-20)24-16-18(3)26(17-25(24)28)29-19(4)30/h7-14,16-17,27,29-30H,4-6,15H2,1-3H3. The number of ether oxygens (including phenoxy) is 1. The molecule has 0 aliphatic rings. The Bertz CT molecular complexity index is 1030. The molecule has 0 amide bonds. The number of aryl methyl sites for hydroxylation is 1. The smallest absolute Gasteiger partial charge is 0.181 e. The quantitative estimate of drug-likeness (QED) is 0.332. The zero-order chi connectivity index (χ0) is 22.4. The van der Waals surface area contributed by atoms with E-state index in [9.17, 15) is 5.11 Å². The molecule has 4 heteroatoms. The van der Waals surface area contributed by atoms with Crippen molar-refractivity contribution in [3.05, 3.63) is 89.3 Å². The summed E-state index contributed by atoms with van der Waals surface area (Å²) in [6.07, 6.45) is 2.15. The summed E-state index contributed by atoms with van der Waals surface area (Å²) in [6, 6.07) is 20.8. The van der Waals surface area contributed by atoms with Crippen LogP contribution in [0.15, 0.2) is 73.1 Å². The fraction of sp³-hybridized carbons (Fsp3) is 0.259. The van der Waals surface area contributed by atoms with Gasteiger partial charge < -0.3 is 15.2 Å². The minimum absolute atomic E-state index is 0.107. The third kappa shape index (κ3) is 5.69. The van der Waals surface area contributed by atoms with Crippen molar-refractivity contribution in [2.24, 2.45) is 0 Å². The number of rotatable bonds is 9. The average molecular weight is 436 g/mol. The van der Waals surface area contributed by atoms with E-state index in [1.54, 1.807) is 0 Å². The first kappa shape index (κ1) is 22.9. The van der Waals surface area contributed by atoms with Crippen LogP contribution in [0.4, 0.5) is 5.69 Å². The first-order chi connectivity index (χ1) is 14.9. The predicted octanol–water partition coefficient (Wildman–Crippen LogP) is 8.30. The molecule has 3 aromatic rings. The molecule has 0 heterocycles. The summed E-state index contributed by atoms with van der Waals surface area (Å²) in [6.45, 7) is 10.5. The summed E-state index contributed by atoms with van der Waals surface area (Å²) in [4.78, 5) is 0. The molecule has 2 N–H and O–H groups in total. The van der Waals surface area contributed by atoms with Gasteiger partial charge in [-0.25, -0.2) is 0 Å². The molecule has 0 aromatic heterocycles. The lowest BCUT2D eigenvalue weighted by molar-refractivity contribution is 0.0505. The third-order valence-corrected chi connectivity index (χ3v) is 5.61. The van der Waals surface area contributed by atoms with E-state index in [4.69, 9.17) is 16.3 Å². The van der Waals surface area contributed by atoms with Crippen LogP contribution in [0, 0.1) is 6.92 Å². The van der Waals surface area contributed by atoms with Gasteiger partial charge in [0.25, 0.3) is 0 Å². The van der Waals surface area contributed by atoms with Gasteiger partial charge in [0.1, 0.15) is 0 Å². The molecule has 0 saturated heterocycles. The maximum absolute atomic E-state index is 9.39.